The van der Waals surface area contributed by atoms with Crippen LogP contribution in [0.4, 0.5) is 0 Å². The number of hydrogen-bond acceptors (Lipinski definition) is 2. The highest BCUT2D eigenvalue weighted by Gasteiger charge is 2.08. The molecule has 74 valence electrons. The summed E-state index contributed by atoms with van der Waals surface area (Å²) < 4.78 is 2.78. The lowest BCUT2D eigenvalue weighted by molar-refractivity contribution is 0.475. The molecule has 0 fully saturated rings. The fraction of sp³-hybridized carbons (Fsp3) is 0.300. The van der Waals surface area contributed by atoms with Crippen LogP contribution in [-0.2, 0) is 6.42 Å². The van der Waals surface area contributed by atoms with Gasteiger partial charge in [-0.1, -0.05) is 6.92 Å². The van der Waals surface area contributed by atoms with Crippen LogP contribution in [0.15, 0.2) is 22.9 Å². The van der Waals surface area contributed by atoms with Crippen molar-refractivity contribution in [2.45, 2.75) is 19.8 Å². The fourth-order valence-electron chi connectivity index (χ4n) is 1.50. The topological polar surface area (TPSA) is 37.5 Å². The molecule has 0 atom stereocenters. The normalized spacial score (nSPS) is 11.0. The lowest BCUT2D eigenvalue weighted by atomic mass is 10.3. The summed E-state index contributed by atoms with van der Waals surface area (Å²) in [5, 5.41) is 9.33. The van der Waals surface area contributed by atoms with E-state index in [4.69, 9.17) is 0 Å². The van der Waals surface area contributed by atoms with E-state index in [-0.39, 0.29) is 5.75 Å². The molecule has 0 saturated carbocycles. The molecule has 0 unspecified atom stereocenters. The number of aryl methyl sites for hydroxylation is 1. The average Bonchev–Trinajstić information content (AvgIpc) is 2.44. The van der Waals surface area contributed by atoms with E-state index in [9.17, 15) is 5.11 Å². The molecule has 4 heteroatoms. The summed E-state index contributed by atoms with van der Waals surface area (Å²) in [6.07, 6.45) is 3.84. The maximum Gasteiger partial charge on any atom is 0.132 e. The molecule has 1 N–H and O–H groups in total. The van der Waals surface area contributed by atoms with Crippen LogP contribution in [0.25, 0.3) is 5.52 Å². The lowest BCUT2D eigenvalue weighted by Crippen LogP contribution is -1.92. The Kier molecular flexibility index (Phi) is 2.46. The van der Waals surface area contributed by atoms with Gasteiger partial charge in [0.1, 0.15) is 16.2 Å². The number of fused-ring (bicyclic) bond motifs is 1. The fourth-order valence-corrected chi connectivity index (χ4v) is 2.01. The average molecular weight is 255 g/mol. The van der Waals surface area contributed by atoms with Crippen LogP contribution in [-0.4, -0.2) is 14.5 Å². The third-order valence-corrected chi connectivity index (χ3v) is 2.71. The third-order valence-electron chi connectivity index (χ3n) is 2.13. The maximum absolute atomic E-state index is 9.33. The molecule has 0 saturated heterocycles. The molecule has 14 heavy (non-hydrogen) atoms. The Bertz CT molecular complexity index is 464. The molecule has 0 aliphatic heterocycles. The number of aromatic hydroxyl groups is 1. The molecule has 2 aromatic rings. The predicted octanol–water partition coefficient (Wildman–Crippen LogP) is 2.75. The van der Waals surface area contributed by atoms with Crippen molar-refractivity contribution in [1.29, 1.82) is 0 Å². The first-order chi connectivity index (χ1) is 6.72. The minimum absolute atomic E-state index is 0.265. The van der Waals surface area contributed by atoms with Crippen LogP contribution >= 0.6 is 15.9 Å². The quantitative estimate of drug-likeness (QED) is 0.895. The van der Waals surface area contributed by atoms with Crippen molar-refractivity contribution in [3.63, 3.8) is 0 Å². The SMILES string of the molecule is CCCc1nc(Br)c2cc(O)ccn12. The van der Waals surface area contributed by atoms with Crippen molar-refractivity contribution in [2.24, 2.45) is 0 Å². The summed E-state index contributed by atoms with van der Waals surface area (Å²) in [5.41, 5.74) is 0.911. The first-order valence-corrected chi connectivity index (χ1v) is 5.37. The van der Waals surface area contributed by atoms with Gasteiger partial charge in [0, 0.05) is 18.7 Å². The van der Waals surface area contributed by atoms with E-state index in [1.54, 1.807) is 12.1 Å². The number of pyridine rings is 1. The van der Waals surface area contributed by atoms with Crippen molar-refractivity contribution < 1.29 is 5.11 Å². The van der Waals surface area contributed by atoms with Gasteiger partial charge in [-0.05, 0) is 28.4 Å². The Hall–Kier alpha value is -1.03. The van der Waals surface area contributed by atoms with Crippen LogP contribution in [0, 0.1) is 0 Å². The van der Waals surface area contributed by atoms with E-state index in [1.807, 2.05) is 10.6 Å². The zero-order valence-corrected chi connectivity index (χ0v) is 9.45. The number of hydrogen-bond donors (Lipinski definition) is 1. The summed E-state index contributed by atoms with van der Waals surface area (Å²) >= 11 is 3.38. The largest absolute Gasteiger partial charge is 0.508 e. The van der Waals surface area contributed by atoms with Crippen LogP contribution in [0.1, 0.15) is 19.2 Å². The van der Waals surface area contributed by atoms with Crippen LogP contribution in [0.5, 0.6) is 5.75 Å². The Morgan fingerprint density at radius 3 is 3.07 bits per heavy atom. The molecule has 0 aliphatic carbocycles. The van der Waals surface area contributed by atoms with Gasteiger partial charge in [0.05, 0.1) is 5.52 Å². The first-order valence-electron chi connectivity index (χ1n) is 4.58. The summed E-state index contributed by atoms with van der Waals surface area (Å²) in [7, 11) is 0. The van der Waals surface area contributed by atoms with E-state index >= 15 is 0 Å². The zero-order valence-electron chi connectivity index (χ0n) is 7.87. The van der Waals surface area contributed by atoms with E-state index in [0.29, 0.717) is 0 Å². The van der Waals surface area contributed by atoms with E-state index in [1.165, 1.54) is 0 Å². The second-order valence-electron chi connectivity index (χ2n) is 3.21. The van der Waals surface area contributed by atoms with Gasteiger partial charge in [0.15, 0.2) is 0 Å². The Morgan fingerprint density at radius 2 is 2.36 bits per heavy atom. The molecule has 0 spiro atoms. The number of halogens is 1. The van der Waals surface area contributed by atoms with Gasteiger partial charge in [-0.3, -0.25) is 0 Å². The van der Waals surface area contributed by atoms with Gasteiger partial charge in [0.25, 0.3) is 0 Å². The van der Waals surface area contributed by atoms with Crippen molar-refractivity contribution in [3.05, 3.63) is 28.8 Å². The number of nitrogens with zero attached hydrogens (tertiary/aromatic N) is 2. The van der Waals surface area contributed by atoms with Gasteiger partial charge in [-0.2, -0.15) is 0 Å². The molecule has 0 radical (unpaired) electrons. The summed E-state index contributed by atoms with van der Waals surface area (Å²) in [6.45, 7) is 2.12. The summed E-state index contributed by atoms with van der Waals surface area (Å²) in [6, 6.07) is 3.37. The van der Waals surface area contributed by atoms with Crippen LogP contribution in [0.2, 0.25) is 0 Å². The first kappa shape index (κ1) is 9.52. The second-order valence-corrected chi connectivity index (χ2v) is 3.96. The molecular weight excluding hydrogens is 244 g/mol. The minimum Gasteiger partial charge on any atom is -0.508 e. The van der Waals surface area contributed by atoms with E-state index in [0.717, 1.165) is 28.8 Å². The standard InChI is InChI=1S/C10H11BrN2O/c1-2-3-9-12-10(11)8-6-7(14)4-5-13(8)9/h4-6,14H,2-3H2,1H3. The lowest BCUT2D eigenvalue weighted by Gasteiger charge is -1.99. The molecule has 0 aromatic carbocycles. The number of aromatic nitrogens is 2. The highest BCUT2D eigenvalue weighted by atomic mass is 79.9. The Labute approximate surface area is 90.5 Å². The molecule has 2 rings (SSSR count). The second kappa shape index (κ2) is 3.61. The van der Waals surface area contributed by atoms with Crippen molar-refractivity contribution in [2.75, 3.05) is 0 Å². The predicted molar refractivity (Wildman–Crippen MR) is 58.6 cm³/mol. The number of rotatable bonds is 2. The molecule has 0 aliphatic rings. The Morgan fingerprint density at radius 1 is 1.57 bits per heavy atom. The van der Waals surface area contributed by atoms with Gasteiger partial charge < -0.3 is 9.51 Å². The molecule has 2 heterocycles. The summed E-state index contributed by atoms with van der Waals surface area (Å²) in [5.74, 6) is 1.29. The Balaban J connectivity index is 2.65. The third kappa shape index (κ3) is 1.50. The van der Waals surface area contributed by atoms with Crippen LogP contribution < -0.4 is 0 Å². The van der Waals surface area contributed by atoms with Crippen molar-refractivity contribution >= 4 is 21.4 Å². The van der Waals surface area contributed by atoms with Crippen molar-refractivity contribution in [3.8, 4) is 5.75 Å². The van der Waals surface area contributed by atoms with E-state index in [2.05, 4.69) is 27.8 Å². The molecule has 0 bridgehead atoms. The highest BCUT2D eigenvalue weighted by Crippen LogP contribution is 2.23. The van der Waals surface area contributed by atoms with Crippen molar-refractivity contribution in [1.82, 2.24) is 9.38 Å². The smallest absolute Gasteiger partial charge is 0.132 e. The molecule has 3 nitrogen and oxygen atoms in total. The molecular formula is C10H11BrN2O. The zero-order chi connectivity index (χ0) is 10.1. The van der Waals surface area contributed by atoms with Gasteiger partial charge in [-0.15, -0.1) is 0 Å². The summed E-state index contributed by atoms with van der Waals surface area (Å²) in [4.78, 5) is 4.39. The minimum atomic E-state index is 0.265. The molecule has 2 aromatic heterocycles. The monoisotopic (exact) mass is 254 g/mol. The van der Waals surface area contributed by atoms with Gasteiger partial charge in [-0.25, -0.2) is 4.98 Å². The maximum atomic E-state index is 9.33. The van der Waals surface area contributed by atoms with Gasteiger partial charge >= 0.3 is 0 Å². The van der Waals surface area contributed by atoms with Gasteiger partial charge in [0.2, 0.25) is 0 Å². The van der Waals surface area contributed by atoms with Crippen LogP contribution in [0.3, 0.4) is 0 Å². The van der Waals surface area contributed by atoms with E-state index < -0.39 is 0 Å². The molecule has 0 amide bonds. The number of imidazole rings is 1. The highest BCUT2D eigenvalue weighted by molar-refractivity contribution is 9.10.